The van der Waals surface area contributed by atoms with Gasteiger partial charge in [0.1, 0.15) is 5.69 Å². The smallest absolute Gasteiger partial charge is 0.237 e. The standard InChI is InChI=1S/C39H51N5O5/c1-39(2,3)43-38(49)33-20-27-14-7-8-15-28(27)23-44(33)24-35(46)32(19-25-11-5-4-6-12-25)42-37(48)29(22-36(40)47)21-34(45)31-18-17-26-13-9-10-16-30(26)41-31/h4-6,9-13,16-18,27-29,32-33,35,46H,7-8,14-15,19-24H2,1-3H3,(H2,40,47)(H,42,48)(H,43,49)/t27?,28?,29-,32-,33-,35+/m0/s1. The molecule has 262 valence electrons. The fraction of sp³-hybridized carbons (Fsp3) is 0.513. The first-order valence-corrected chi connectivity index (χ1v) is 17.6. The molecular weight excluding hydrogens is 618 g/mol. The summed E-state index contributed by atoms with van der Waals surface area (Å²) in [6.07, 6.45) is 3.97. The van der Waals surface area contributed by atoms with Crippen molar-refractivity contribution in [2.24, 2.45) is 23.5 Å². The van der Waals surface area contributed by atoms with Gasteiger partial charge in [0, 0.05) is 36.9 Å². The van der Waals surface area contributed by atoms with Crippen LogP contribution in [0.2, 0.25) is 0 Å². The average molecular weight is 670 g/mol. The zero-order valence-corrected chi connectivity index (χ0v) is 28.9. The number of carbonyl (C=O) groups is 4. The van der Waals surface area contributed by atoms with Crippen LogP contribution >= 0.6 is 0 Å². The van der Waals surface area contributed by atoms with Crippen molar-refractivity contribution < 1.29 is 24.3 Å². The van der Waals surface area contributed by atoms with E-state index in [1.165, 1.54) is 6.42 Å². The fourth-order valence-electron chi connectivity index (χ4n) is 7.50. The number of aliphatic hydroxyl groups is 1. The summed E-state index contributed by atoms with van der Waals surface area (Å²) in [6, 6.07) is 19.2. The number of benzene rings is 2. The van der Waals surface area contributed by atoms with Crippen LogP contribution in [-0.4, -0.2) is 75.3 Å². The molecule has 1 saturated heterocycles. The third-order valence-electron chi connectivity index (χ3n) is 9.95. The molecule has 2 heterocycles. The van der Waals surface area contributed by atoms with Crippen molar-refractivity contribution in [3.05, 3.63) is 78.0 Å². The predicted molar refractivity (Wildman–Crippen MR) is 189 cm³/mol. The number of nitrogens with zero attached hydrogens (tertiary/aromatic N) is 2. The molecule has 1 aliphatic heterocycles. The third kappa shape index (κ3) is 9.95. The number of rotatable bonds is 13. The highest BCUT2D eigenvalue weighted by molar-refractivity contribution is 5.99. The van der Waals surface area contributed by atoms with Crippen molar-refractivity contribution >= 4 is 34.4 Å². The predicted octanol–water partition coefficient (Wildman–Crippen LogP) is 4.18. The Hall–Kier alpha value is -4.15. The van der Waals surface area contributed by atoms with Crippen molar-refractivity contribution in [2.75, 3.05) is 13.1 Å². The van der Waals surface area contributed by atoms with E-state index in [9.17, 15) is 24.3 Å². The van der Waals surface area contributed by atoms with Gasteiger partial charge in [-0.25, -0.2) is 4.98 Å². The molecule has 10 nitrogen and oxygen atoms in total. The first-order valence-electron chi connectivity index (χ1n) is 17.6. The molecular formula is C39H51N5O5. The molecule has 5 rings (SSSR count). The minimum atomic E-state index is -1.05. The van der Waals surface area contributed by atoms with Gasteiger partial charge in [-0.3, -0.25) is 24.1 Å². The number of Topliss-reactive ketones (excluding diaryl/α,β-unsaturated/α-hetero) is 1. The lowest BCUT2D eigenvalue weighted by Gasteiger charge is -2.47. The summed E-state index contributed by atoms with van der Waals surface area (Å²) in [5, 5.41) is 18.9. The molecule has 10 heteroatoms. The summed E-state index contributed by atoms with van der Waals surface area (Å²) < 4.78 is 0. The lowest BCUT2D eigenvalue weighted by atomic mass is 9.72. The molecule has 3 amide bonds. The Kier molecular flexibility index (Phi) is 11.8. The molecule has 0 spiro atoms. The van der Waals surface area contributed by atoms with Gasteiger partial charge in [0.25, 0.3) is 0 Å². The van der Waals surface area contributed by atoms with Crippen LogP contribution in [0.5, 0.6) is 0 Å². The molecule has 1 aliphatic carbocycles. The number of nitrogens with two attached hydrogens (primary N) is 1. The first-order chi connectivity index (χ1) is 23.4. The number of likely N-dealkylation sites (tertiary alicyclic amines) is 1. The summed E-state index contributed by atoms with van der Waals surface area (Å²) in [6.45, 7) is 6.78. The summed E-state index contributed by atoms with van der Waals surface area (Å²) in [7, 11) is 0. The van der Waals surface area contributed by atoms with E-state index in [1.807, 2.05) is 75.4 Å². The molecule has 49 heavy (non-hydrogen) atoms. The van der Waals surface area contributed by atoms with Gasteiger partial charge in [-0.05, 0) is 69.6 Å². The van der Waals surface area contributed by atoms with Crippen LogP contribution in [0.15, 0.2) is 66.7 Å². The molecule has 2 unspecified atom stereocenters. The van der Waals surface area contributed by atoms with Gasteiger partial charge in [0.2, 0.25) is 17.7 Å². The average Bonchev–Trinajstić information content (AvgIpc) is 3.06. The molecule has 0 radical (unpaired) electrons. The van der Waals surface area contributed by atoms with Crippen LogP contribution in [0.3, 0.4) is 0 Å². The van der Waals surface area contributed by atoms with Crippen molar-refractivity contribution in [1.29, 1.82) is 0 Å². The number of carbonyl (C=O) groups excluding carboxylic acids is 4. The molecule has 3 aromatic rings. The van der Waals surface area contributed by atoms with Gasteiger partial charge in [0.15, 0.2) is 5.78 Å². The normalized spacial score (nSPS) is 21.6. The molecule has 1 saturated carbocycles. The third-order valence-corrected chi connectivity index (χ3v) is 9.95. The SMILES string of the molecule is CC(C)(C)NC(=O)[C@@H]1CC2CCCCC2CN1C[C@@H](O)[C@H](Cc1ccccc1)NC(=O)[C@H](CC(N)=O)CC(=O)c1ccc2ccccc2n1. The van der Waals surface area contributed by atoms with E-state index in [-0.39, 0.29) is 36.8 Å². The monoisotopic (exact) mass is 669 g/mol. The Bertz CT molecular complexity index is 1620. The highest BCUT2D eigenvalue weighted by atomic mass is 16.3. The number of para-hydroxylation sites is 1. The Morgan fingerprint density at radius 2 is 1.63 bits per heavy atom. The van der Waals surface area contributed by atoms with Crippen LogP contribution in [0, 0.1) is 17.8 Å². The van der Waals surface area contributed by atoms with E-state index in [0.717, 1.165) is 36.6 Å². The second-order valence-corrected chi connectivity index (χ2v) is 15.0. The summed E-state index contributed by atoms with van der Waals surface area (Å²) >= 11 is 0. The van der Waals surface area contributed by atoms with E-state index in [1.54, 1.807) is 12.1 Å². The second-order valence-electron chi connectivity index (χ2n) is 15.0. The number of hydrogen-bond acceptors (Lipinski definition) is 7. The summed E-state index contributed by atoms with van der Waals surface area (Å²) in [4.78, 5) is 59.6. The first kappa shape index (κ1) is 36.1. The summed E-state index contributed by atoms with van der Waals surface area (Å²) in [5.41, 5.74) is 6.92. The van der Waals surface area contributed by atoms with Crippen LogP contribution in [-0.2, 0) is 20.8 Å². The minimum Gasteiger partial charge on any atom is -0.390 e. The van der Waals surface area contributed by atoms with Crippen LogP contribution in [0.4, 0.5) is 0 Å². The van der Waals surface area contributed by atoms with Gasteiger partial charge in [0.05, 0.1) is 29.6 Å². The maximum Gasteiger partial charge on any atom is 0.237 e. The number of aliphatic hydroxyl groups excluding tert-OH is 1. The number of pyridine rings is 1. The lowest BCUT2D eigenvalue weighted by Crippen LogP contribution is -2.60. The highest BCUT2D eigenvalue weighted by Gasteiger charge is 2.42. The van der Waals surface area contributed by atoms with Gasteiger partial charge in [-0.1, -0.05) is 73.9 Å². The topological polar surface area (TPSA) is 155 Å². The number of fused-ring (bicyclic) bond motifs is 2. The summed E-state index contributed by atoms with van der Waals surface area (Å²) in [5.74, 6) is -1.79. The quantitative estimate of drug-likeness (QED) is 0.199. The number of nitrogens with one attached hydrogen (secondary N) is 2. The Morgan fingerprint density at radius 1 is 0.939 bits per heavy atom. The largest absolute Gasteiger partial charge is 0.390 e. The maximum atomic E-state index is 13.9. The molecule has 5 N–H and O–H groups in total. The molecule has 6 atom stereocenters. The Labute approximate surface area is 289 Å². The second kappa shape index (κ2) is 16.0. The van der Waals surface area contributed by atoms with Gasteiger partial charge in [-0.15, -0.1) is 0 Å². The van der Waals surface area contributed by atoms with E-state index < -0.39 is 41.5 Å². The Morgan fingerprint density at radius 3 is 2.35 bits per heavy atom. The molecule has 1 aromatic heterocycles. The maximum absolute atomic E-state index is 13.9. The zero-order valence-electron chi connectivity index (χ0n) is 28.9. The molecule has 0 bridgehead atoms. The lowest BCUT2D eigenvalue weighted by molar-refractivity contribution is -0.133. The van der Waals surface area contributed by atoms with Gasteiger partial charge < -0.3 is 21.5 Å². The van der Waals surface area contributed by atoms with Crippen LogP contribution < -0.4 is 16.4 Å². The van der Waals surface area contributed by atoms with E-state index >= 15 is 0 Å². The van der Waals surface area contributed by atoms with Crippen molar-refractivity contribution in [1.82, 2.24) is 20.5 Å². The molecule has 2 aliphatic rings. The van der Waals surface area contributed by atoms with Gasteiger partial charge in [-0.2, -0.15) is 0 Å². The van der Waals surface area contributed by atoms with Crippen LogP contribution in [0.1, 0.15) is 81.8 Å². The van der Waals surface area contributed by atoms with Crippen molar-refractivity contribution in [3.63, 3.8) is 0 Å². The number of piperidine rings is 1. The number of β-amino-alcohol motifs (C(OH)–C–C–N with tert-alkyl or cyclic N) is 1. The zero-order chi connectivity index (χ0) is 35.1. The number of hydrogen-bond donors (Lipinski definition) is 4. The number of primary amides is 1. The van der Waals surface area contributed by atoms with Gasteiger partial charge >= 0.3 is 0 Å². The number of amides is 3. The number of aromatic nitrogens is 1. The minimum absolute atomic E-state index is 0.0466. The van der Waals surface area contributed by atoms with E-state index in [4.69, 9.17) is 5.73 Å². The van der Waals surface area contributed by atoms with Crippen LogP contribution in [0.25, 0.3) is 10.9 Å². The van der Waals surface area contributed by atoms with E-state index in [0.29, 0.717) is 30.3 Å². The van der Waals surface area contributed by atoms with Crippen molar-refractivity contribution in [2.45, 2.75) is 95.9 Å². The van der Waals surface area contributed by atoms with Crippen molar-refractivity contribution in [3.8, 4) is 0 Å². The number of ketones is 1. The highest BCUT2D eigenvalue weighted by Crippen LogP contribution is 2.39. The van der Waals surface area contributed by atoms with E-state index in [2.05, 4.69) is 20.5 Å². The molecule has 2 fully saturated rings. The Balaban J connectivity index is 1.35. The molecule has 2 aromatic carbocycles. The fourth-order valence-corrected chi connectivity index (χ4v) is 7.50.